The van der Waals surface area contributed by atoms with Crippen LogP contribution >= 0.6 is 0 Å². The zero-order chi connectivity index (χ0) is 18.8. The number of hydrogen-bond acceptors (Lipinski definition) is 5. The van der Waals surface area contributed by atoms with Crippen molar-refractivity contribution in [2.45, 2.75) is 19.4 Å². The van der Waals surface area contributed by atoms with Gasteiger partial charge in [0.15, 0.2) is 0 Å². The minimum atomic E-state index is -0.249. The van der Waals surface area contributed by atoms with E-state index >= 15 is 0 Å². The third-order valence-corrected chi connectivity index (χ3v) is 4.67. The molecular formula is C21H20N4O2. The van der Waals surface area contributed by atoms with Gasteiger partial charge in [-0.15, -0.1) is 0 Å². The number of hydrogen-bond donors (Lipinski definition) is 1. The molecule has 0 saturated carbocycles. The van der Waals surface area contributed by atoms with Crippen LogP contribution in [0.4, 0.5) is 17.3 Å². The average molecular weight is 360 g/mol. The highest BCUT2D eigenvalue weighted by atomic mass is 16.5. The minimum Gasteiger partial charge on any atom is -0.497 e. The summed E-state index contributed by atoms with van der Waals surface area (Å²) in [5, 5.41) is 2.83. The number of para-hydroxylation sites is 1. The summed E-state index contributed by atoms with van der Waals surface area (Å²) in [5.74, 6) is 1.09. The number of nitrogens with zero attached hydrogens (tertiary/aromatic N) is 3. The molecule has 1 amide bonds. The molecule has 0 spiro atoms. The number of aromatic nitrogens is 2. The van der Waals surface area contributed by atoms with E-state index in [1.165, 1.54) is 5.56 Å². The van der Waals surface area contributed by atoms with Crippen molar-refractivity contribution in [2.24, 2.45) is 0 Å². The van der Waals surface area contributed by atoms with Crippen molar-refractivity contribution in [3.05, 3.63) is 72.1 Å². The van der Waals surface area contributed by atoms with E-state index in [2.05, 4.69) is 39.2 Å². The lowest BCUT2D eigenvalue weighted by Crippen LogP contribution is -2.26. The van der Waals surface area contributed by atoms with E-state index in [9.17, 15) is 4.79 Å². The van der Waals surface area contributed by atoms with Crippen LogP contribution in [0.5, 0.6) is 5.75 Å². The molecule has 0 radical (unpaired) electrons. The van der Waals surface area contributed by atoms with Crippen LogP contribution in [0, 0.1) is 0 Å². The number of carbonyl (C=O) groups is 1. The molecule has 0 aliphatic carbocycles. The molecule has 1 atom stereocenters. The molecule has 0 saturated heterocycles. The van der Waals surface area contributed by atoms with Crippen molar-refractivity contribution in [1.29, 1.82) is 0 Å². The monoisotopic (exact) mass is 360 g/mol. The van der Waals surface area contributed by atoms with Gasteiger partial charge in [-0.1, -0.05) is 18.2 Å². The molecule has 4 rings (SSSR count). The molecule has 1 N–H and O–H groups in total. The van der Waals surface area contributed by atoms with Crippen molar-refractivity contribution in [1.82, 2.24) is 9.97 Å². The largest absolute Gasteiger partial charge is 0.497 e. The molecule has 0 bridgehead atoms. The molecule has 2 heterocycles. The Morgan fingerprint density at radius 1 is 1.11 bits per heavy atom. The van der Waals surface area contributed by atoms with Gasteiger partial charge >= 0.3 is 0 Å². The maximum absolute atomic E-state index is 12.4. The highest BCUT2D eigenvalue weighted by Gasteiger charge is 2.28. The predicted octanol–water partition coefficient (Wildman–Crippen LogP) is 3.82. The summed E-state index contributed by atoms with van der Waals surface area (Å²) >= 11 is 0. The number of benzene rings is 2. The Labute approximate surface area is 157 Å². The molecule has 6 nitrogen and oxygen atoms in total. The number of anilines is 3. The van der Waals surface area contributed by atoms with Gasteiger partial charge in [0.25, 0.3) is 5.91 Å². The lowest BCUT2D eigenvalue weighted by Gasteiger charge is -2.22. The minimum absolute atomic E-state index is 0.249. The number of nitrogens with one attached hydrogen (secondary N) is 1. The molecule has 27 heavy (non-hydrogen) atoms. The zero-order valence-corrected chi connectivity index (χ0v) is 15.2. The number of ether oxygens (including phenoxy) is 1. The van der Waals surface area contributed by atoms with Crippen LogP contribution in [0.2, 0.25) is 0 Å². The Hall–Kier alpha value is -3.41. The SMILES string of the molecule is COc1ccc(NC(=O)c2cnc(N3c4ccccc4CC3C)nc2)cc1. The van der Waals surface area contributed by atoms with Gasteiger partial charge < -0.3 is 15.0 Å². The average Bonchev–Trinajstić information content (AvgIpc) is 3.04. The summed E-state index contributed by atoms with van der Waals surface area (Å²) in [7, 11) is 1.60. The second kappa shape index (κ2) is 7.07. The van der Waals surface area contributed by atoms with E-state index < -0.39 is 0 Å². The van der Waals surface area contributed by atoms with Crippen molar-refractivity contribution in [3.63, 3.8) is 0 Å². The maximum Gasteiger partial charge on any atom is 0.258 e. The lowest BCUT2D eigenvalue weighted by atomic mass is 10.1. The Morgan fingerprint density at radius 2 is 1.81 bits per heavy atom. The summed E-state index contributed by atoms with van der Waals surface area (Å²) < 4.78 is 5.12. The van der Waals surface area contributed by atoms with Crippen LogP contribution in [-0.2, 0) is 6.42 Å². The number of methoxy groups -OCH3 is 1. The topological polar surface area (TPSA) is 67.3 Å². The van der Waals surface area contributed by atoms with Crippen molar-refractivity contribution in [3.8, 4) is 5.75 Å². The summed E-state index contributed by atoms with van der Waals surface area (Å²) in [5.41, 5.74) is 3.51. The molecule has 136 valence electrons. The first-order valence-electron chi connectivity index (χ1n) is 8.80. The van der Waals surface area contributed by atoms with E-state index in [4.69, 9.17) is 4.74 Å². The first kappa shape index (κ1) is 17.0. The molecule has 1 aromatic heterocycles. The molecule has 1 unspecified atom stereocenters. The Bertz CT molecular complexity index is 955. The van der Waals surface area contributed by atoms with E-state index in [1.807, 2.05) is 12.1 Å². The fourth-order valence-corrected chi connectivity index (χ4v) is 3.31. The number of fused-ring (bicyclic) bond motifs is 1. The molecule has 6 heteroatoms. The Kier molecular flexibility index (Phi) is 4.46. The normalized spacial score (nSPS) is 15.3. The quantitative estimate of drug-likeness (QED) is 0.766. The van der Waals surface area contributed by atoms with Crippen molar-refractivity contribution < 1.29 is 9.53 Å². The number of carbonyl (C=O) groups excluding carboxylic acids is 1. The van der Waals surface area contributed by atoms with Crippen LogP contribution in [-0.4, -0.2) is 29.0 Å². The number of amides is 1. The molecule has 1 aliphatic heterocycles. The van der Waals surface area contributed by atoms with Crippen molar-refractivity contribution >= 4 is 23.2 Å². The third-order valence-electron chi connectivity index (χ3n) is 4.67. The predicted molar refractivity (Wildman–Crippen MR) is 105 cm³/mol. The fourth-order valence-electron chi connectivity index (χ4n) is 3.31. The Balaban J connectivity index is 1.51. The molecule has 0 fully saturated rings. The number of rotatable bonds is 4. The van der Waals surface area contributed by atoms with Crippen LogP contribution < -0.4 is 15.0 Å². The van der Waals surface area contributed by atoms with Gasteiger partial charge in [0.1, 0.15) is 5.75 Å². The van der Waals surface area contributed by atoms with Crippen LogP contribution in [0.3, 0.4) is 0 Å². The molecule has 2 aromatic carbocycles. The summed E-state index contributed by atoms with van der Waals surface area (Å²) in [6.45, 7) is 2.15. The van der Waals surface area contributed by atoms with E-state index in [0.29, 0.717) is 17.2 Å². The second-order valence-electron chi connectivity index (χ2n) is 6.51. The van der Waals surface area contributed by atoms with Crippen LogP contribution in [0.15, 0.2) is 60.9 Å². The van der Waals surface area contributed by atoms with Gasteiger partial charge in [-0.2, -0.15) is 0 Å². The molecule has 1 aliphatic rings. The standard InChI is InChI=1S/C21H20N4O2/c1-14-11-15-5-3-4-6-19(15)25(14)21-22-12-16(13-23-21)20(26)24-17-7-9-18(27-2)10-8-17/h3-10,12-14H,11H2,1-2H3,(H,24,26). The van der Waals surface area contributed by atoms with Crippen LogP contribution in [0.25, 0.3) is 0 Å². The highest BCUT2D eigenvalue weighted by molar-refractivity contribution is 6.03. The van der Waals surface area contributed by atoms with Gasteiger partial charge in [0.2, 0.25) is 5.95 Å². The lowest BCUT2D eigenvalue weighted by molar-refractivity contribution is 0.102. The van der Waals surface area contributed by atoms with Gasteiger partial charge in [-0.25, -0.2) is 9.97 Å². The van der Waals surface area contributed by atoms with Crippen LogP contribution in [0.1, 0.15) is 22.8 Å². The van der Waals surface area contributed by atoms with Gasteiger partial charge in [0, 0.05) is 29.8 Å². The van der Waals surface area contributed by atoms with Gasteiger partial charge in [-0.3, -0.25) is 4.79 Å². The summed E-state index contributed by atoms with van der Waals surface area (Å²) in [4.78, 5) is 23.4. The third kappa shape index (κ3) is 3.33. The fraction of sp³-hybridized carbons (Fsp3) is 0.190. The zero-order valence-electron chi connectivity index (χ0n) is 15.2. The summed E-state index contributed by atoms with van der Waals surface area (Å²) in [6.07, 6.45) is 4.09. The van der Waals surface area contributed by atoms with Gasteiger partial charge in [-0.05, 0) is 49.2 Å². The second-order valence-corrected chi connectivity index (χ2v) is 6.51. The first-order valence-corrected chi connectivity index (χ1v) is 8.80. The maximum atomic E-state index is 12.4. The van der Waals surface area contributed by atoms with E-state index in [1.54, 1.807) is 43.8 Å². The smallest absolute Gasteiger partial charge is 0.258 e. The molecular weight excluding hydrogens is 340 g/mol. The van der Waals surface area contributed by atoms with E-state index in [0.717, 1.165) is 17.9 Å². The summed E-state index contributed by atoms with van der Waals surface area (Å²) in [6, 6.07) is 15.7. The van der Waals surface area contributed by atoms with Gasteiger partial charge in [0.05, 0.1) is 12.7 Å². The molecule has 3 aromatic rings. The highest BCUT2D eigenvalue weighted by Crippen LogP contribution is 2.36. The van der Waals surface area contributed by atoms with E-state index in [-0.39, 0.29) is 11.9 Å². The Morgan fingerprint density at radius 3 is 2.52 bits per heavy atom. The van der Waals surface area contributed by atoms with Crippen molar-refractivity contribution in [2.75, 3.05) is 17.3 Å². The first-order chi connectivity index (χ1) is 13.2.